The van der Waals surface area contributed by atoms with Gasteiger partial charge in [-0.05, 0) is 99.0 Å². The summed E-state index contributed by atoms with van der Waals surface area (Å²) in [5.41, 5.74) is 6.23. The number of aliphatic hydroxyl groups excluding tert-OH is 2. The van der Waals surface area contributed by atoms with Crippen LogP contribution in [0.2, 0.25) is 0 Å². The van der Waals surface area contributed by atoms with E-state index in [4.69, 9.17) is 29.5 Å². The maximum absolute atomic E-state index is 12.4. The number of carboxylic acid groups (broad SMARTS) is 1. The van der Waals surface area contributed by atoms with E-state index in [-0.39, 0.29) is 40.3 Å². The van der Waals surface area contributed by atoms with Gasteiger partial charge in [-0.2, -0.15) is 0 Å². The van der Waals surface area contributed by atoms with Crippen LogP contribution in [0.5, 0.6) is 0 Å². The minimum Gasteiger partial charge on any atom is -0.480 e. The topological polar surface area (TPSA) is 182 Å². The van der Waals surface area contributed by atoms with Gasteiger partial charge in [0.1, 0.15) is 24.4 Å². The van der Waals surface area contributed by atoms with Gasteiger partial charge in [-0.1, -0.05) is 39.3 Å². The van der Waals surface area contributed by atoms with Gasteiger partial charge in [0, 0.05) is 18.6 Å². The lowest BCUT2D eigenvalue weighted by atomic mass is 9.45. The van der Waals surface area contributed by atoms with Crippen LogP contribution >= 0.6 is 0 Å². The minimum absolute atomic E-state index is 0.00253. The molecular formula is C36H55NO10. The van der Waals surface area contributed by atoms with Crippen LogP contribution in [0, 0.1) is 28.6 Å². The Kier molecular flexibility index (Phi) is 10.5. The number of ether oxygens (including phenoxy) is 3. The summed E-state index contributed by atoms with van der Waals surface area (Å²) < 4.78 is 22.7. The Bertz CT molecular complexity index is 1340. The maximum atomic E-state index is 12.4. The van der Waals surface area contributed by atoms with Crippen LogP contribution in [0.1, 0.15) is 97.5 Å². The molecule has 13 atom stereocenters. The first-order valence-electron chi connectivity index (χ1n) is 17.3. The second-order valence-electron chi connectivity index (χ2n) is 15.4. The summed E-state index contributed by atoms with van der Waals surface area (Å²) in [6, 6.07) is 2.66. The molecule has 1 aromatic heterocycles. The molecular weight excluding hydrogens is 606 g/mol. The summed E-state index contributed by atoms with van der Waals surface area (Å²) in [6.07, 6.45) is 6.78. The first-order valence-corrected chi connectivity index (χ1v) is 17.3. The Balaban J connectivity index is 0.000000483. The van der Waals surface area contributed by atoms with Crippen LogP contribution in [0.15, 0.2) is 39.3 Å². The van der Waals surface area contributed by atoms with Gasteiger partial charge in [-0.25, -0.2) is 4.79 Å². The van der Waals surface area contributed by atoms with Crippen LogP contribution in [0.4, 0.5) is 0 Å². The van der Waals surface area contributed by atoms with Crippen LogP contribution in [0.3, 0.4) is 0 Å². The number of carboxylic acids is 1. The number of hydrogen-bond acceptors (Lipinski definition) is 10. The number of aliphatic hydroxyl groups is 3. The van der Waals surface area contributed by atoms with Crippen molar-refractivity contribution < 1.29 is 43.8 Å². The monoisotopic (exact) mass is 661 g/mol. The number of nitrogens with two attached hydrogens (primary N) is 1. The molecule has 6 N–H and O–H groups in total. The van der Waals surface area contributed by atoms with Gasteiger partial charge in [0.05, 0.1) is 24.1 Å². The van der Waals surface area contributed by atoms with Gasteiger partial charge in [0.15, 0.2) is 6.29 Å². The number of aliphatic carboxylic acids is 1. The number of methoxy groups -OCH3 is 1. The third-order valence-electron chi connectivity index (χ3n) is 12.7. The van der Waals surface area contributed by atoms with Crippen molar-refractivity contribution in [2.75, 3.05) is 7.11 Å². The van der Waals surface area contributed by atoms with E-state index >= 15 is 0 Å². The smallest absolute Gasteiger partial charge is 0.335 e. The lowest BCUT2D eigenvalue weighted by Gasteiger charge is -2.62. The lowest BCUT2D eigenvalue weighted by molar-refractivity contribution is -0.304. The molecule has 0 radical (unpaired) electrons. The van der Waals surface area contributed by atoms with E-state index in [1.807, 2.05) is 13.0 Å². The summed E-state index contributed by atoms with van der Waals surface area (Å²) in [7, 11) is 1.50. The van der Waals surface area contributed by atoms with Crippen molar-refractivity contribution in [2.45, 2.75) is 140 Å². The summed E-state index contributed by atoms with van der Waals surface area (Å²) >= 11 is 0. The van der Waals surface area contributed by atoms with Crippen molar-refractivity contribution in [3.63, 3.8) is 0 Å². The molecule has 1 aromatic rings. The molecule has 1 saturated heterocycles. The fraction of sp³-hybridized carbons (Fsp3) is 0.778. The van der Waals surface area contributed by atoms with Crippen LogP contribution in [-0.4, -0.2) is 82.0 Å². The highest BCUT2D eigenvalue weighted by Gasteiger charge is 2.66. The Labute approximate surface area is 277 Å². The molecule has 3 saturated carbocycles. The molecule has 2 heterocycles. The van der Waals surface area contributed by atoms with Crippen molar-refractivity contribution in [1.82, 2.24) is 0 Å². The zero-order valence-corrected chi connectivity index (χ0v) is 28.6. The average Bonchev–Trinajstić information content (AvgIpc) is 3.31. The Morgan fingerprint density at radius 1 is 1.04 bits per heavy atom. The second kappa shape index (κ2) is 13.7. The number of allylic oxidation sites excluding steroid dienone is 1. The molecule has 1 aliphatic heterocycles. The molecule has 264 valence electrons. The molecule has 47 heavy (non-hydrogen) atoms. The molecule has 11 heteroatoms. The quantitative estimate of drug-likeness (QED) is 0.280. The normalized spacial score (nSPS) is 43.5. The van der Waals surface area contributed by atoms with E-state index in [9.17, 15) is 24.9 Å². The molecule has 4 aliphatic carbocycles. The lowest BCUT2D eigenvalue weighted by Crippen LogP contribution is -2.60. The predicted molar refractivity (Wildman–Crippen MR) is 173 cm³/mol. The molecule has 0 amide bonds. The van der Waals surface area contributed by atoms with Crippen molar-refractivity contribution in [2.24, 2.45) is 34.3 Å². The van der Waals surface area contributed by atoms with E-state index in [0.717, 1.165) is 56.9 Å². The molecule has 0 unspecified atom stereocenters. The first kappa shape index (κ1) is 36.2. The summed E-state index contributed by atoms with van der Waals surface area (Å²) in [6.45, 7) is 10.00. The fourth-order valence-corrected chi connectivity index (χ4v) is 9.78. The predicted octanol–water partition coefficient (Wildman–Crippen LogP) is 3.72. The molecule has 0 aromatic carbocycles. The van der Waals surface area contributed by atoms with E-state index in [2.05, 4.69) is 19.9 Å². The Morgan fingerprint density at radius 3 is 2.36 bits per heavy atom. The van der Waals surface area contributed by atoms with Gasteiger partial charge < -0.3 is 44.8 Å². The average molecular weight is 662 g/mol. The maximum Gasteiger partial charge on any atom is 0.335 e. The molecule has 4 fully saturated rings. The van der Waals surface area contributed by atoms with E-state index < -0.39 is 48.3 Å². The zero-order chi connectivity index (χ0) is 34.5. The first-order chi connectivity index (χ1) is 22.1. The SMILES string of the molecule is CC(C)[C@H](N)C(=O)O.CO[C@@H]1[C@@H](O)[C@@H](O)[C@H](O[C@@H]2C=C3CC[C@@H]4[C@H](CC[C@]5(C)[C@@H](c6ccc(=O)oc6)CC[C@]45O)[C@@]3(C)CC2)O[C@H]1C. The molecule has 6 rings (SSSR count). The highest BCUT2D eigenvalue weighted by molar-refractivity contribution is 5.73. The van der Waals surface area contributed by atoms with Crippen molar-refractivity contribution in [3.05, 3.63) is 46.0 Å². The van der Waals surface area contributed by atoms with Crippen molar-refractivity contribution in [1.29, 1.82) is 0 Å². The zero-order valence-electron chi connectivity index (χ0n) is 28.6. The Morgan fingerprint density at radius 2 is 1.77 bits per heavy atom. The largest absolute Gasteiger partial charge is 0.480 e. The number of fused-ring (bicyclic) bond motifs is 5. The molecule has 11 nitrogen and oxygen atoms in total. The van der Waals surface area contributed by atoms with Crippen LogP contribution in [-0.2, 0) is 19.0 Å². The number of carbonyl (C=O) groups is 1. The molecule has 5 aliphatic rings. The van der Waals surface area contributed by atoms with Crippen molar-refractivity contribution >= 4 is 5.97 Å². The van der Waals surface area contributed by atoms with Crippen molar-refractivity contribution in [3.8, 4) is 0 Å². The fourth-order valence-electron chi connectivity index (χ4n) is 9.78. The highest BCUT2D eigenvalue weighted by Crippen LogP contribution is 2.70. The van der Waals surface area contributed by atoms with Gasteiger partial charge in [0.25, 0.3) is 0 Å². The third kappa shape index (κ3) is 6.37. The van der Waals surface area contributed by atoms with Crippen LogP contribution < -0.4 is 11.4 Å². The minimum atomic E-state index is -1.17. The molecule has 0 bridgehead atoms. The van der Waals surface area contributed by atoms with E-state index in [1.165, 1.54) is 18.7 Å². The van der Waals surface area contributed by atoms with Crippen LogP contribution in [0.25, 0.3) is 0 Å². The Hall–Kier alpha value is -2.12. The van der Waals surface area contributed by atoms with Gasteiger partial charge in [-0.15, -0.1) is 0 Å². The number of rotatable bonds is 6. The van der Waals surface area contributed by atoms with E-state index in [1.54, 1.807) is 20.1 Å². The van der Waals surface area contributed by atoms with E-state index in [0.29, 0.717) is 5.92 Å². The summed E-state index contributed by atoms with van der Waals surface area (Å²) in [5, 5.41) is 41.8. The third-order valence-corrected chi connectivity index (χ3v) is 12.7. The number of hydrogen-bond donors (Lipinski definition) is 5. The highest BCUT2D eigenvalue weighted by atomic mass is 16.7. The van der Waals surface area contributed by atoms with Gasteiger partial charge in [-0.3, -0.25) is 4.79 Å². The van der Waals surface area contributed by atoms with Gasteiger partial charge in [0.2, 0.25) is 0 Å². The molecule has 0 spiro atoms. The summed E-state index contributed by atoms with van der Waals surface area (Å²) in [4.78, 5) is 21.6. The van der Waals surface area contributed by atoms with Gasteiger partial charge >= 0.3 is 11.6 Å². The second-order valence-corrected chi connectivity index (χ2v) is 15.4. The summed E-state index contributed by atoms with van der Waals surface area (Å²) in [5.74, 6) is -0.113. The standard InChI is InChI=1S/C31H44O8.C5H11NO2/c1-17-27(36-4)25(33)26(34)28(38-17)39-20-9-12-29(2)19(15-20)6-7-23-22(29)10-13-30(3)21(11-14-31(23,30)35)18-5-8-24(32)37-16-18;1-3(2)4(6)5(7)8/h5,8,15-17,20-23,25-28,33-35H,6-7,9-14H2,1-4H3;3-4H,6H2,1-2H3,(H,7,8)/t17-,20-,21+,22-,23+,25-,26+,27-,28-,29-,30+,31-;4-/m00/s1.